The average molecular weight is 314 g/mol. The number of benzene rings is 1. The van der Waals surface area contributed by atoms with E-state index in [0.717, 1.165) is 37.6 Å². The molecular weight excluding hydrogens is 288 g/mol. The average Bonchev–Trinajstić information content (AvgIpc) is 3.44. The summed E-state index contributed by atoms with van der Waals surface area (Å²) in [6.45, 7) is 3.33. The quantitative estimate of drug-likeness (QED) is 0.499. The number of nitrogens with one attached hydrogen (secondary N) is 2. The third kappa shape index (κ3) is 4.98. The maximum Gasteiger partial charge on any atom is 0.223 e. The SMILES string of the molecule is O=C(NCCN=C(Nc1ccccc1)N1CCCCC1)C1CC1. The normalized spacial score (nSPS) is 18.6. The Morgan fingerprint density at radius 1 is 1.13 bits per heavy atom. The number of likely N-dealkylation sites (tertiary alicyclic amines) is 1. The zero-order valence-electron chi connectivity index (χ0n) is 13.6. The van der Waals surface area contributed by atoms with E-state index in [-0.39, 0.29) is 11.8 Å². The predicted molar refractivity (Wildman–Crippen MR) is 93.5 cm³/mol. The van der Waals surface area contributed by atoms with Crippen LogP contribution in [-0.4, -0.2) is 42.9 Å². The highest BCUT2D eigenvalue weighted by Crippen LogP contribution is 2.28. The van der Waals surface area contributed by atoms with E-state index < -0.39 is 0 Å². The lowest BCUT2D eigenvalue weighted by molar-refractivity contribution is -0.122. The van der Waals surface area contributed by atoms with E-state index in [1.165, 1.54) is 19.3 Å². The molecule has 1 amide bonds. The van der Waals surface area contributed by atoms with E-state index in [9.17, 15) is 4.79 Å². The van der Waals surface area contributed by atoms with Gasteiger partial charge in [-0.1, -0.05) is 18.2 Å². The van der Waals surface area contributed by atoms with Crippen molar-refractivity contribution in [1.29, 1.82) is 0 Å². The van der Waals surface area contributed by atoms with Crippen LogP contribution in [-0.2, 0) is 4.79 Å². The van der Waals surface area contributed by atoms with Gasteiger partial charge in [-0.2, -0.15) is 0 Å². The van der Waals surface area contributed by atoms with Gasteiger partial charge in [-0.05, 0) is 44.2 Å². The molecule has 23 heavy (non-hydrogen) atoms. The number of aliphatic imine (C=N–C) groups is 1. The zero-order chi connectivity index (χ0) is 15.9. The number of guanidine groups is 1. The molecule has 1 aromatic rings. The van der Waals surface area contributed by atoms with Crippen LogP contribution in [0.4, 0.5) is 5.69 Å². The van der Waals surface area contributed by atoms with Crippen LogP contribution in [0.25, 0.3) is 0 Å². The molecule has 0 spiro atoms. The van der Waals surface area contributed by atoms with Gasteiger partial charge in [0.05, 0.1) is 6.54 Å². The monoisotopic (exact) mass is 314 g/mol. The minimum atomic E-state index is 0.191. The molecule has 0 aromatic heterocycles. The Balaban J connectivity index is 1.56. The van der Waals surface area contributed by atoms with Crippen LogP contribution in [0.2, 0.25) is 0 Å². The molecule has 0 bridgehead atoms. The summed E-state index contributed by atoms with van der Waals surface area (Å²) in [5, 5.41) is 6.41. The number of rotatable bonds is 5. The first-order valence-corrected chi connectivity index (χ1v) is 8.72. The molecule has 2 fully saturated rings. The Bertz CT molecular complexity index is 533. The first-order valence-electron chi connectivity index (χ1n) is 8.72. The van der Waals surface area contributed by atoms with Crippen molar-refractivity contribution in [3.8, 4) is 0 Å². The summed E-state index contributed by atoms with van der Waals surface area (Å²) in [5.41, 5.74) is 1.05. The summed E-state index contributed by atoms with van der Waals surface area (Å²) < 4.78 is 0. The zero-order valence-corrected chi connectivity index (χ0v) is 13.6. The van der Waals surface area contributed by atoms with Crippen LogP contribution in [0.1, 0.15) is 32.1 Å². The van der Waals surface area contributed by atoms with E-state index in [2.05, 4.69) is 15.5 Å². The predicted octanol–water partition coefficient (Wildman–Crippen LogP) is 2.47. The maximum atomic E-state index is 11.7. The summed E-state index contributed by atoms with van der Waals surface area (Å²) in [7, 11) is 0. The van der Waals surface area contributed by atoms with Crippen LogP contribution in [0, 0.1) is 5.92 Å². The first kappa shape index (κ1) is 15.8. The minimum Gasteiger partial charge on any atom is -0.354 e. The van der Waals surface area contributed by atoms with E-state index in [1.54, 1.807) is 0 Å². The second-order valence-electron chi connectivity index (χ2n) is 6.31. The largest absolute Gasteiger partial charge is 0.354 e. The summed E-state index contributed by atoms with van der Waals surface area (Å²) in [4.78, 5) is 18.7. The van der Waals surface area contributed by atoms with Gasteiger partial charge in [-0.3, -0.25) is 9.79 Å². The Morgan fingerprint density at radius 2 is 1.87 bits per heavy atom. The molecular formula is C18H26N4O. The van der Waals surface area contributed by atoms with Gasteiger partial charge in [0.15, 0.2) is 5.96 Å². The molecule has 5 nitrogen and oxygen atoms in total. The fraction of sp³-hybridized carbons (Fsp3) is 0.556. The van der Waals surface area contributed by atoms with E-state index in [4.69, 9.17) is 4.99 Å². The molecule has 0 unspecified atom stereocenters. The van der Waals surface area contributed by atoms with Crippen LogP contribution < -0.4 is 10.6 Å². The van der Waals surface area contributed by atoms with Gasteiger partial charge in [0.25, 0.3) is 0 Å². The Kier molecular flexibility index (Phi) is 5.51. The second kappa shape index (κ2) is 7.99. The van der Waals surface area contributed by atoms with E-state index >= 15 is 0 Å². The van der Waals surface area contributed by atoms with Crippen molar-refractivity contribution in [2.24, 2.45) is 10.9 Å². The molecule has 5 heteroatoms. The van der Waals surface area contributed by atoms with Gasteiger partial charge in [-0.25, -0.2) is 0 Å². The molecule has 1 aliphatic carbocycles. The summed E-state index contributed by atoms with van der Waals surface area (Å²) >= 11 is 0. The molecule has 3 rings (SSSR count). The fourth-order valence-corrected chi connectivity index (χ4v) is 2.81. The Hall–Kier alpha value is -2.04. The molecule has 1 aromatic carbocycles. The first-order chi connectivity index (χ1) is 11.3. The lowest BCUT2D eigenvalue weighted by Crippen LogP contribution is -2.40. The number of carbonyl (C=O) groups excluding carboxylic acids is 1. The van der Waals surface area contributed by atoms with Crippen molar-refractivity contribution >= 4 is 17.6 Å². The number of piperidine rings is 1. The molecule has 1 saturated heterocycles. The maximum absolute atomic E-state index is 11.7. The molecule has 1 saturated carbocycles. The molecule has 1 aliphatic heterocycles. The molecule has 2 N–H and O–H groups in total. The van der Waals surface area contributed by atoms with Gasteiger partial charge >= 0.3 is 0 Å². The highest BCUT2D eigenvalue weighted by atomic mass is 16.2. The number of anilines is 1. The number of amides is 1. The van der Waals surface area contributed by atoms with Gasteiger partial charge < -0.3 is 15.5 Å². The molecule has 0 radical (unpaired) electrons. The highest BCUT2D eigenvalue weighted by Gasteiger charge is 2.29. The fourth-order valence-electron chi connectivity index (χ4n) is 2.81. The number of nitrogens with zero attached hydrogens (tertiary/aromatic N) is 2. The summed E-state index contributed by atoms with van der Waals surface area (Å²) in [6, 6.07) is 10.1. The Morgan fingerprint density at radius 3 is 2.57 bits per heavy atom. The number of hydrogen-bond acceptors (Lipinski definition) is 2. The minimum absolute atomic E-state index is 0.191. The van der Waals surface area contributed by atoms with Crippen molar-refractivity contribution in [2.45, 2.75) is 32.1 Å². The van der Waals surface area contributed by atoms with Crippen LogP contribution in [0.3, 0.4) is 0 Å². The van der Waals surface area contributed by atoms with E-state index in [0.29, 0.717) is 13.1 Å². The smallest absolute Gasteiger partial charge is 0.223 e. The lowest BCUT2D eigenvalue weighted by atomic mass is 10.1. The molecule has 1 heterocycles. The topological polar surface area (TPSA) is 56.7 Å². The van der Waals surface area contributed by atoms with Crippen LogP contribution in [0.15, 0.2) is 35.3 Å². The van der Waals surface area contributed by atoms with Crippen molar-refractivity contribution in [3.05, 3.63) is 30.3 Å². The number of para-hydroxylation sites is 1. The van der Waals surface area contributed by atoms with Gasteiger partial charge in [0.1, 0.15) is 0 Å². The summed E-state index contributed by atoms with van der Waals surface area (Å²) in [6.07, 6.45) is 5.82. The molecule has 0 atom stereocenters. The standard InChI is InChI=1S/C18H26N4O/c23-17(15-9-10-15)19-11-12-20-18(22-13-5-2-6-14-22)21-16-7-3-1-4-8-16/h1,3-4,7-8,15H,2,5-6,9-14H2,(H,19,23)(H,20,21). The van der Waals surface area contributed by atoms with Crippen molar-refractivity contribution in [2.75, 3.05) is 31.5 Å². The van der Waals surface area contributed by atoms with Crippen LogP contribution >= 0.6 is 0 Å². The summed E-state index contributed by atoms with van der Waals surface area (Å²) in [5.74, 6) is 1.38. The Labute approximate surface area is 138 Å². The van der Waals surface area contributed by atoms with Crippen molar-refractivity contribution in [1.82, 2.24) is 10.2 Å². The third-order valence-electron chi connectivity index (χ3n) is 4.31. The number of carbonyl (C=O) groups is 1. The molecule has 124 valence electrons. The van der Waals surface area contributed by atoms with Gasteiger partial charge in [0.2, 0.25) is 5.91 Å². The van der Waals surface area contributed by atoms with Gasteiger partial charge in [0, 0.05) is 31.2 Å². The van der Waals surface area contributed by atoms with E-state index in [1.807, 2.05) is 30.3 Å². The van der Waals surface area contributed by atoms with Crippen LogP contribution in [0.5, 0.6) is 0 Å². The number of hydrogen-bond donors (Lipinski definition) is 2. The highest BCUT2D eigenvalue weighted by molar-refractivity contribution is 5.93. The lowest BCUT2D eigenvalue weighted by Gasteiger charge is -2.30. The van der Waals surface area contributed by atoms with Crippen molar-refractivity contribution < 1.29 is 4.79 Å². The molecule has 2 aliphatic rings. The van der Waals surface area contributed by atoms with Gasteiger partial charge in [-0.15, -0.1) is 0 Å². The third-order valence-corrected chi connectivity index (χ3v) is 4.31. The second-order valence-corrected chi connectivity index (χ2v) is 6.31. The van der Waals surface area contributed by atoms with Crippen molar-refractivity contribution in [3.63, 3.8) is 0 Å².